The fourth-order valence-electron chi connectivity index (χ4n) is 2.96. The lowest BCUT2D eigenvalue weighted by atomic mass is 9.92. The van der Waals surface area contributed by atoms with Gasteiger partial charge in [0.2, 0.25) is 0 Å². The molecule has 0 radical (unpaired) electrons. The van der Waals surface area contributed by atoms with Gasteiger partial charge in [-0.3, -0.25) is 14.7 Å². The van der Waals surface area contributed by atoms with Crippen LogP contribution in [0, 0.1) is 6.92 Å². The highest BCUT2D eigenvalue weighted by Gasteiger charge is 2.22. The second-order valence-corrected chi connectivity index (χ2v) is 8.46. The van der Waals surface area contributed by atoms with E-state index < -0.39 is 6.04 Å². The molecular formula is C21H24ClN5O2. The molecule has 0 saturated heterocycles. The zero-order valence-electron chi connectivity index (χ0n) is 16.8. The summed E-state index contributed by atoms with van der Waals surface area (Å²) in [4.78, 5) is 31.7. The molecule has 0 saturated carbocycles. The van der Waals surface area contributed by atoms with Crippen LogP contribution in [0.1, 0.15) is 60.1 Å². The van der Waals surface area contributed by atoms with Crippen LogP contribution < -0.4 is 10.9 Å². The largest absolute Gasteiger partial charge is 0.343 e. The molecule has 0 aliphatic carbocycles. The average molecular weight is 414 g/mol. The molecule has 152 valence electrons. The van der Waals surface area contributed by atoms with E-state index in [4.69, 9.17) is 11.6 Å². The molecule has 1 atom stereocenters. The van der Waals surface area contributed by atoms with Gasteiger partial charge in [0.15, 0.2) is 0 Å². The van der Waals surface area contributed by atoms with Gasteiger partial charge < -0.3 is 10.3 Å². The quantitative estimate of drug-likeness (QED) is 0.595. The molecule has 0 spiro atoms. The van der Waals surface area contributed by atoms with E-state index in [1.54, 1.807) is 25.1 Å². The Morgan fingerprint density at radius 3 is 2.48 bits per heavy atom. The smallest absolute Gasteiger partial charge is 0.272 e. The Hall–Kier alpha value is -2.93. The SMILES string of the molecule is Cc1nc(C[C@H](NC(=O)c2cc(C(C)(C)C)[nH]n2)c2ccc(Cl)cc2)cc(=O)[nH]1. The lowest BCUT2D eigenvalue weighted by Crippen LogP contribution is -2.31. The van der Waals surface area contributed by atoms with E-state index in [9.17, 15) is 9.59 Å². The number of aromatic nitrogens is 4. The topological polar surface area (TPSA) is 104 Å². The molecule has 29 heavy (non-hydrogen) atoms. The molecule has 3 rings (SSSR count). The Kier molecular flexibility index (Phi) is 5.88. The molecule has 8 heteroatoms. The van der Waals surface area contributed by atoms with Crippen molar-refractivity contribution in [1.82, 2.24) is 25.5 Å². The highest BCUT2D eigenvalue weighted by Crippen LogP contribution is 2.22. The first kappa shape index (κ1) is 20.8. The third-order valence-electron chi connectivity index (χ3n) is 4.52. The van der Waals surface area contributed by atoms with E-state index in [0.717, 1.165) is 11.3 Å². The van der Waals surface area contributed by atoms with Crippen LogP contribution in [0.25, 0.3) is 0 Å². The summed E-state index contributed by atoms with van der Waals surface area (Å²) in [6.07, 6.45) is 0.356. The molecule has 2 heterocycles. The number of hydrogen-bond donors (Lipinski definition) is 3. The summed E-state index contributed by atoms with van der Waals surface area (Å²) in [5.41, 5.74) is 2.25. The van der Waals surface area contributed by atoms with Gasteiger partial charge in [0.05, 0.1) is 11.7 Å². The number of nitrogens with zero attached hydrogens (tertiary/aromatic N) is 2. The van der Waals surface area contributed by atoms with Crippen LogP contribution in [-0.4, -0.2) is 26.1 Å². The number of halogens is 1. The standard InChI is InChI=1S/C21H24ClN5O2/c1-12-23-15(10-19(28)24-12)9-16(13-5-7-14(22)8-6-13)25-20(29)17-11-18(27-26-17)21(2,3)4/h5-8,10-11,16H,9H2,1-4H3,(H,25,29)(H,26,27)(H,23,24,28)/t16-/m0/s1. The molecule has 0 unspecified atom stereocenters. The van der Waals surface area contributed by atoms with Crippen LogP contribution in [0.2, 0.25) is 5.02 Å². The summed E-state index contributed by atoms with van der Waals surface area (Å²) in [6, 6.07) is 10.0. The maximum atomic E-state index is 12.9. The summed E-state index contributed by atoms with van der Waals surface area (Å²) in [6.45, 7) is 7.84. The Balaban J connectivity index is 1.88. The number of rotatable bonds is 5. The lowest BCUT2D eigenvalue weighted by molar-refractivity contribution is 0.0931. The number of hydrogen-bond acceptors (Lipinski definition) is 4. The van der Waals surface area contributed by atoms with Gasteiger partial charge in [-0.05, 0) is 30.7 Å². The van der Waals surface area contributed by atoms with Gasteiger partial charge in [-0.25, -0.2) is 4.98 Å². The monoisotopic (exact) mass is 413 g/mol. The van der Waals surface area contributed by atoms with Crippen molar-refractivity contribution >= 4 is 17.5 Å². The molecule has 0 aliphatic heterocycles. The normalized spacial score (nSPS) is 12.6. The van der Waals surface area contributed by atoms with E-state index in [0.29, 0.717) is 28.7 Å². The second kappa shape index (κ2) is 8.21. The second-order valence-electron chi connectivity index (χ2n) is 8.02. The van der Waals surface area contributed by atoms with Crippen LogP contribution in [0.4, 0.5) is 0 Å². The van der Waals surface area contributed by atoms with Crippen molar-refractivity contribution in [2.24, 2.45) is 0 Å². The maximum Gasteiger partial charge on any atom is 0.272 e. The molecule has 0 fully saturated rings. The van der Waals surface area contributed by atoms with E-state index in [1.807, 2.05) is 32.9 Å². The first-order chi connectivity index (χ1) is 13.6. The van der Waals surface area contributed by atoms with Gasteiger partial charge in [-0.1, -0.05) is 44.5 Å². The van der Waals surface area contributed by atoms with Crippen LogP contribution in [0.15, 0.2) is 41.2 Å². The van der Waals surface area contributed by atoms with E-state index >= 15 is 0 Å². The van der Waals surface area contributed by atoms with Gasteiger partial charge in [0, 0.05) is 28.6 Å². The van der Waals surface area contributed by atoms with Crippen LogP contribution >= 0.6 is 11.6 Å². The Bertz CT molecular complexity index is 1060. The number of amides is 1. The van der Waals surface area contributed by atoms with E-state index in [1.165, 1.54) is 6.07 Å². The van der Waals surface area contributed by atoms with Gasteiger partial charge in [-0.2, -0.15) is 5.10 Å². The van der Waals surface area contributed by atoms with Crippen LogP contribution in [0.3, 0.4) is 0 Å². The van der Waals surface area contributed by atoms with Crippen molar-refractivity contribution < 1.29 is 4.79 Å². The third-order valence-corrected chi connectivity index (χ3v) is 4.77. The molecule has 2 aromatic heterocycles. The minimum absolute atomic E-state index is 0.145. The summed E-state index contributed by atoms with van der Waals surface area (Å²) in [5, 5.41) is 10.7. The minimum atomic E-state index is -0.400. The van der Waals surface area contributed by atoms with E-state index in [-0.39, 0.29) is 16.9 Å². The van der Waals surface area contributed by atoms with E-state index in [2.05, 4.69) is 25.5 Å². The molecule has 0 aliphatic rings. The zero-order chi connectivity index (χ0) is 21.2. The number of aryl methyl sites for hydroxylation is 1. The first-order valence-corrected chi connectivity index (χ1v) is 9.68. The number of nitrogens with one attached hydrogen (secondary N) is 3. The molecule has 1 amide bonds. The van der Waals surface area contributed by atoms with Crippen LogP contribution in [-0.2, 0) is 11.8 Å². The lowest BCUT2D eigenvalue weighted by Gasteiger charge is -2.19. The molecular weight excluding hydrogens is 390 g/mol. The molecule has 7 nitrogen and oxygen atoms in total. The number of benzene rings is 1. The van der Waals surface area contributed by atoms with Crippen molar-refractivity contribution in [3.8, 4) is 0 Å². The van der Waals surface area contributed by atoms with Crippen molar-refractivity contribution in [3.63, 3.8) is 0 Å². The fraction of sp³-hybridized carbons (Fsp3) is 0.333. The third kappa shape index (κ3) is 5.32. The van der Waals surface area contributed by atoms with Crippen molar-refractivity contribution in [2.75, 3.05) is 0 Å². The summed E-state index contributed by atoms with van der Waals surface area (Å²) < 4.78 is 0. The van der Waals surface area contributed by atoms with Gasteiger partial charge in [0.25, 0.3) is 11.5 Å². The van der Waals surface area contributed by atoms with Gasteiger partial charge in [0.1, 0.15) is 11.5 Å². The number of H-pyrrole nitrogens is 2. The predicted octanol–water partition coefficient (Wildman–Crippen LogP) is 3.47. The molecule has 0 bridgehead atoms. The van der Waals surface area contributed by atoms with Crippen molar-refractivity contribution in [3.05, 3.63) is 80.2 Å². The summed E-state index contributed by atoms with van der Waals surface area (Å²) >= 11 is 6.01. The predicted molar refractivity (Wildman–Crippen MR) is 112 cm³/mol. The number of carbonyl (C=O) groups is 1. The highest BCUT2D eigenvalue weighted by molar-refractivity contribution is 6.30. The maximum absolute atomic E-state index is 12.9. The molecule has 3 aromatic rings. The molecule has 3 N–H and O–H groups in total. The number of aromatic amines is 2. The number of carbonyl (C=O) groups excluding carboxylic acids is 1. The molecule has 1 aromatic carbocycles. The Morgan fingerprint density at radius 1 is 1.21 bits per heavy atom. The zero-order valence-corrected chi connectivity index (χ0v) is 17.6. The van der Waals surface area contributed by atoms with Gasteiger partial charge >= 0.3 is 0 Å². The van der Waals surface area contributed by atoms with Crippen molar-refractivity contribution in [1.29, 1.82) is 0 Å². The average Bonchev–Trinajstić information content (AvgIpc) is 3.11. The van der Waals surface area contributed by atoms with Crippen LogP contribution in [0.5, 0.6) is 0 Å². The summed E-state index contributed by atoms with van der Waals surface area (Å²) in [5.74, 6) is 0.217. The minimum Gasteiger partial charge on any atom is -0.343 e. The van der Waals surface area contributed by atoms with Crippen molar-refractivity contribution in [2.45, 2.75) is 45.6 Å². The fourth-order valence-corrected chi connectivity index (χ4v) is 3.08. The highest BCUT2D eigenvalue weighted by atomic mass is 35.5. The Morgan fingerprint density at radius 2 is 1.90 bits per heavy atom. The Labute approximate surface area is 173 Å². The van der Waals surface area contributed by atoms with Gasteiger partial charge in [-0.15, -0.1) is 0 Å². The first-order valence-electron chi connectivity index (χ1n) is 9.31. The summed E-state index contributed by atoms with van der Waals surface area (Å²) in [7, 11) is 0.